The number of nitrogens with zero attached hydrogens (tertiary/aromatic N) is 1. The Morgan fingerprint density at radius 2 is 2.04 bits per heavy atom. The Labute approximate surface area is 153 Å². The van der Waals surface area contributed by atoms with Crippen LogP contribution in [0.15, 0.2) is 24.3 Å². The third-order valence-electron chi connectivity index (χ3n) is 4.03. The molecule has 0 unspecified atom stereocenters. The molecular weight excluding hydrogens is 358 g/mol. The Balaban J connectivity index is 2.08. The van der Waals surface area contributed by atoms with Crippen molar-refractivity contribution in [2.24, 2.45) is 5.73 Å². The molecule has 1 atom stereocenters. The Kier molecular flexibility index (Phi) is 6.84. The molecule has 0 spiro atoms. The summed E-state index contributed by atoms with van der Waals surface area (Å²) in [4.78, 5) is 24.9. The number of hydrogen-bond donors (Lipinski definition) is 2. The van der Waals surface area contributed by atoms with Crippen molar-refractivity contribution in [2.45, 2.75) is 25.9 Å². The van der Waals surface area contributed by atoms with Crippen molar-refractivity contribution in [3.05, 3.63) is 24.3 Å². The summed E-state index contributed by atoms with van der Waals surface area (Å²) < 4.78 is 30.0. The number of nitrogens with two attached hydrogens (primary N) is 1. The molecule has 2 amide bonds. The summed E-state index contributed by atoms with van der Waals surface area (Å²) in [7, 11) is -3.41. The van der Waals surface area contributed by atoms with Gasteiger partial charge in [-0.2, -0.15) is 0 Å². The molecule has 0 saturated carbocycles. The zero-order valence-electron chi connectivity index (χ0n) is 14.8. The number of anilines is 1. The molecule has 2 rings (SSSR count). The van der Waals surface area contributed by atoms with E-state index in [9.17, 15) is 18.0 Å². The van der Waals surface area contributed by atoms with Gasteiger partial charge >= 0.3 is 0 Å². The number of carbonyl (C=O) groups excluding carboxylic acids is 2. The lowest BCUT2D eigenvalue weighted by Crippen LogP contribution is -2.50. The van der Waals surface area contributed by atoms with Crippen LogP contribution < -0.4 is 20.7 Å². The number of sulfone groups is 1. The molecule has 1 aromatic carbocycles. The Morgan fingerprint density at radius 3 is 2.73 bits per heavy atom. The Bertz CT molecular complexity index is 751. The van der Waals surface area contributed by atoms with Gasteiger partial charge in [0.2, 0.25) is 5.91 Å². The zero-order chi connectivity index (χ0) is 19.2. The van der Waals surface area contributed by atoms with Crippen LogP contribution in [0, 0.1) is 0 Å². The van der Waals surface area contributed by atoms with E-state index in [2.05, 4.69) is 5.32 Å². The van der Waals surface area contributed by atoms with Crippen molar-refractivity contribution in [1.29, 1.82) is 0 Å². The molecule has 0 aliphatic carbocycles. The van der Waals surface area contributed by atoms with Crippen molar-refractivity contribution < 1.29 is 22.7 Å². The third kappa shape index (κ3) is 5.62. The number of primary amides is 1. The molecule has 9 heteroatoms. The van der Waals surface area contributed by atoms with E-state index in [1.807, 2.05) is 24.0 Å². The summed E-state index contributed by atoms with van der Waals surface area (Å²) in [5, 5.41) is 2.80. The molecule has 1 heterocycles. The van der Waals surface area contributed by atoms with Crippen LogP contribution in [0.2, 0.25) is 0 Å². The Hall–Kier alpha value is -2.29. The molecule has 1 aromatic rings. The maximum absolute atomic E-state index is 12.3. The lowest BCUT2D eigenvalue weighted by molar-refractivity contribution is -0.127. The molecule has 26 heavy (non-hydrogen) atoms. The number of para-hydroxylation sites is 2. The summed E-state index contributed by atoms with van der Waals surface area (Å²) in [5.41, 5.74) is 5.77. The number of rotatable bonds is 9. The monoisotopic (exact) mass is 383 g/mol. The van der Waals surface area contributed by atoms with Crippen LogP contribution in [0.4, 0.5) is 5.69 Å². The highest BCUT2D eigenvalue weighted by atomic mass is 32.2. The van der Waals surface area contributed by atoms with Crippen molar-refractivity contribution in [3.8, 4) is 5.75 Å². The van der Waals surface area contributed by atoms with Gasteiger partial charge in [0.25, 0.3) is 5.91 Å². The van der Waals surface area contributed by atoms with Crippen molar-refractivity contribution in [1.82, 2.24) is 5.32 Å². The van der Waals surface area contributed by atoms with Crippen LogP contribution in [-0.2, 0) is 19.4 Å². The molecule has 1 aliphatic heterocycles. The van der Waals surface area contributed by atoms with Crippen LogP contribution in [0.3, 0.4) is 0 Å². The standard InChI is InChI=1S/C17H25N3O5S/c1-2-8-19-17(22)15-12-20(13-5-3-4-6-14(13)25-15)9-11-26(23,24)10-7-16(18)21/h3-6,15H,2,7-12H2,1H3,(H2,18,21)(H,19,22)/t15-/m1/s1. The minimum absolute atomic E-state index is 0.127. The largest absolute Gasteiger partial charge is 0.477 e. The van der Waals surface area contributed by atoms with Crippen molar-refractivity contribution in [2.75, 3.05) is 36.0 Å². The molecule has 3 N–H and O–H groups in total. The first-order chi connectivity index (χ1) is 12.3. The molecular formula is C17H25N3O5S. The first-order valence-corrected chi connectivity index (χ1v) is 10.4. The predicted octanol–water partition coefficient (Wildman–Crippen LogP) is 0.0704. The van der Waals surface area contributed by atoms with Crippen molar-refractivity contribution >= 4 is 27.3 Å². The lowest BCUT2D eigenvalue weighted by Gasteiger charge is -2.35. The normalized spacial score (nSPS) is 16.5. The van der Waals surface area contributed by atoms with Gasteiger partial charge in [-0.05, 0) is 18.6 Å². The van der Waals surface area contributed by atoms with Gasteiger partial charge in [0.05, 0.1) is 23.7 Å². The van der Waals surface area contributed by atoms with E-state index in [1.54, 1.807) is 12.1 Å². The quantitative estimate of drug-likeness (QED) is 0.623. The second-order valence-corrected chi connectivity index (χ2v) is 8.48. The van der Waals surface area contributed by atoms with E-state index in [0.29, 0.717) is 12.3 Å². The minimum atomic E-state index is -3.41. The molecule has 1 aliphatic rings. The fraction of sp³-hybridized carbons (Fsp3) is 0.529. The van der Waals surface area contributed by atoms with Crippen LogP contribution in [0.1, 0.15) is 19.8 Å². The van der Waals surface area contributed by atoms with E-state index in [4.69, 9.17) is 10.5 Å². The number of carbonyl (C=O) groups is 2. The van der Waals surface area contributed by atoms with E-state index in [-0.39, 0.29) is 36.9 Å². The van der Waals surface area contributed by atoms with Gasteiger partial charge in [-0.25, -0.2) is 8.42 Å². The maximum Gasteiger partial charge on any atom is 0.262 e. The smallest absolute Gasteiger partial charge is 0.262 e. The van der Waals surface area contributed by atoms with Gasteiger partial charge in [-0.15, -0.1) is 0 Å². The highest BCUT2D eigenvalue weighted by molar-refractivity contribution is 7.91. The average molecular weight is 383 g/mol. The van der Waals surface area contributed by atoms with Gasteiger partial charge in [-0.1, -0.05) is 19.1 Å². The highest BCUT2D eigenvalue weighted by Gasteiger charge is 2.31. The number of ether oxygens (including phenoxy) is 1. The van der Waals surface area contributed by atoms with Gasteiger partial charge in [0.1, 0.15) is 5.75 Å². The van der Waals surface area contributed by atoms with Gasteiger partial charge < -0.3 is 20.7 Å². The second kappa shape index (κ2) is 8.88. The van der Waals surface area contributed by atoms with E-state index in [1.165, 1.54) is 0 Å². The molecule has 0 aromatic heterocycles. The predicted molar refractivity (Wildman–Crippen MR) is 98.8 cm³/mol. The van der Waals surface area contributed by atoms with Crippen LogP contribution >= 0.6 is 0 Å². The van der Waals surface area contributed by atoms with Gasteiger partial charge in [0, 0.05) is 19.5 Å². The number of benzene rings is 1. The van der Waals surface area contributed by atoms with E-state index in [0.717, 1.165) is 12.1 Å². The number of amides is 2. The van der Waals surface area contributed by atoms with Gasteiger partial charge in [-0.3, -0.25) is 9.59 Å². The summed E-state index contributed by atoms with van der Waals surface area (Å²) in [6, 6.07) is 7.20. The second-order valence-electron chi connectivity index (χ2n) is 6.18. The number of hydrogen-bond acceptors (Lipinski definition) is 6. The van der Waals surface area contributed by atoms with Crippen LogP contribution in [0.25, 0.3) is 0 Å². The molecule has 0 radical (unpaired) electrons. The highest BCUT2D eigenvalue weighted by Crippen LogP contribution is 2.33. The van der Waals surface area contributed by atoms with Crippen molar-refractivity contribution in [3.63, 3.8) is 0 Å². The summed E-state index contributed by atoms with van der Waals surface area (Å²) >= 11 is 0. The topological polar surface area (TPSA) is 119 Å². The lowest BCUT2D eigenvalue weighted by atomic mass is 10.2. The van der Waals surface area contributed by atoms with E-state index >= 15 is 0 Å². The summed E-state index contributed by atoms with van der Waals surface area (Å²) in [6.07, 6.45) is -0.0780. The first kappa shape index (κ1) is 20.0. The number of nitrogens with one attached hydrogen (secondary N) is 1. The maximum atomic E-state index is 12.3. The fourth-order valence-electron chi connectivity index (χ4n) is 2.62. The summed E-state index contributed by atoms with van der Waals surface area (Å²) in [5.74, 6) is -0.710. The molecule has 0 bridgehead atoms. The average Bonchev–Trinajstić information content (AvgIpc) is 2.62. The molecule has 8 nitrogen and oxygen atoms in total. The zero-order valence-corrected chi connectivity index (χ0v) is 15.6. The fourth-order valence-corrected chi connectivity index (χ4v) is 3.84. The minimum Gasteiger partial charge on any atom is -0.477 e. The molecule has 144 valence electrons. The SMILES string of the molecule is CCCNC(=O)[C@H]1CN(CCS(=O)(=O)CCC(N)=O)c2ccccc2O1. The number of fused-ring (bicyclic) bond motifs is 1. The molecule has 0 saturated heterocycles. The third-order valence-corrected chi connectivity index (χ3v) is 5.67. The Morgan fingerprint density at radius 1 is 1.31 bits per heavy atom. The van der Waals surface area contributed by atoms with Crippen LogP contribution in [-0.4, -0.2) is 57.5 Å². The molecule has 0 fully saturated rings. The van der Waals surface area contributed by atoms with E-state index < -0.39 is 21.8 Å². The summed E-state index contributed by atoms with van der Waals surface area (Å²) in [6.45, 7) is 2.99. The van der Waals surface area contributed by atoms with Crippen LogP contribution in [0.5, 0.6) is 5.75 Å². The first-order valence-electron chi connectivity index (χ1n) is 8.59. The van der Waals surface area contributed by atoms with Gasteiger partial charge in [0.15, 0.2) is 15.9 Å².